The molecule has 0 aliphatic rings. The Balaban J connectivity index is 0.000000891. The molecule has 2 heterocycles. The van der Waals surface area contributed by atoms with Gasteiger partial charge in [-0.05, 0) is 0 Å². The first-order valence-electron chi connectivity index (χ1n) is 6.88. The predicted molar refractivity (Wildman–Crippen MR) is 80.5 cm³/mol. The van der Waals surface area contributed by atoms with Gasteiger partial charge in [0.15, 0.2) is 0 Å². The Morgan fingerprint density at radius 3 is 2.83 bits per heavy atom. The van der Waals surface area contributed by atoms with Crippen LogP contribution in [0.25, 0.3) is 0 Å². The number of nitrogens with zero attached hydrogens (tertiary/aromatic N) is 5. The summed E-state index contributed by atoms with van der Waals surface area (Å²) in [5, 5.41) is 21.1. The molecule has 12 nitrogen and oxygen atoms in total. The number of methoxy groups -OCH3 is 1. The molecule has 0 aromatic carbocycles. The van der Waals surface area contributed by atoms with Crippen LogP contribution in [0.15, 0.2) is 11.1 Å². The molecule has 0 spiro atoms. The molecule has 0 saturated heterocycles. The average molecular weight is 341 g/mol. The Kier molecular flexibility index (Phi) is 7.84. The molecule has 3 N–H and O–H groups in total. The zero-order valence-electron chi connectivity index (χ0n) is 13.3. The molecule has 0 unspecified atom stereocenters. The molecule has 132 valence electrons. The van der Waals surface area contributed by atoms with E-state index in [1.165, 1.54) is 7.05 Å². The Morgan fingerprint density at radius 2 is 2.25 bits per heavy atom. The Bertz CT molecular complexity index is 705. The van der Waals surface area contributed by atoms with E-state index >= 15 is 0 Å². The second kappa shape index (κ2) is 9.89. The van der Waals surface area contributed by atoms with Gasteiger partial charge in [-0.1, -0.05) is 0 Å². The van der Waals surface area contributed by atoms with Crippen LogP contribution < -0.4 is 11.0 Å². The monoisotopic (exact) mass is 341 g/mol. The molecular weight excluding hydrogens is 322 g/mol. The summed E-state index contributed by atoms with van der Waals surface area (Å²) in [6.07, 6.45) is 2.14. The van der Waals surface area contributed by atoms with E-state index in [1.807, 2.05) is 4.57 Å². The summed E-state index contributed by atoms with van der Waals surface area (Å²) >= 11 is 0. The van der Waals surface area contributed by atoms with Crippen molar-refractivity contribution in [2.45, 2.75) is 13.0 Å². The summed E-state index contributed by atoms with van der Waals surface area (Å²) in [6.45, 7) is 1.33. The molecule has 12 heteroatoms. The topological polar surface area (TPSA) is 157 Å². The molecule has 2 rings (SSSR count). The number of nitrogens with one attached hydrogen (secondary N) is 2. The Morgan fingerprint density at radius 1 is 1.54 bits per heavy atom. The molecule has 0 saturated carbocycles. The van der Waals surface area contributed by atoms with Crippen LogP contribution >= 0.6 is 0 Å². The van der Waals surface area contributed by atoms with Crippen LogP contribution in [0.5, 0.6) is 0 Å². The fourth-order valence-corrected chi connectivity index (χ4v) is 1.73. The van der Waals surface area contributed by atoms with Gasteiger partial charge in [-0.15, -0.1) is 15.3 Å². The van der Waals surface area contributed by atoms with Crippen molar-refractivity contribution in [1.82, 2.24) is 34.8 Å². The van der Waals surface area contributed by atoms with E-state index in [-0.39, 0.29) is 12.3 Å². The second-order valence-electron chi connectivity index (χ2n) is 4.45. The third-order valence-corrected chi connectivity index (χ3v) is 2.85. The molecule has 0 aliphatic carbocycles. The predicted octanol–water partition coefficient (Wildman–Crippen LogP) is -1.98. The minimum Gasteiger partial charge on any atom is -0.483 e. The normalized spacial score (nSPS) is 9.92. The highest BCUT2D eigenvalue weighted by Gasteiger charge is 2.12. The van der Waals surface area contributed by atoms with Gasteiger partial charge in [0.2, 0.25) is 5.82 Å². The van der Waals surface area contributed by atoms with E-state index in [2.05, 4.69) is 25.6 Å². The van der Waals surface area contributed by atoms with Crippen LogP contribution in [0, 0.1) is 0 Å². The van der Waals surface area contributed by atoms with Crippen molar-refractivity contribution in [3.05, 3.63) is 28.5 Å². The Labute approximate surface area is 136 Å². The first-order valence-corrected chi connectivity index (χ1v) is 6.88. The number of amides is 1. The number of carbonyl (C=O) groups is 2. The Hall–Kier alpha value is -3.02. The van der Waals surface area contributed by atoms with Gasteiger partial charge >= 0.3 is 5.69 Å². The van der Waals surface area contributed by atoms with Gasteiger partial charge in [0.05, 0.1) is 6.61 Å². The number of aromatic amines is 1. The van der Waals surface area contributed by atoms with E-state index in [0.29, 0.717) is 26.1 Å². The van der Waals surface area contributed by atoms with E-state index in [4.69, 9.17) is 14.6 Å². The molecule has 0 aliphatic heterocycles. The lowest BCUT2D eigenvalue weighted by molar-refractivity contribution is -0.122. The third-order valence-electron chi connectivity index (χ3n) is 2.85. The minimum atomic E-state index is -0.435. The lowest BCUT2D eigenvalue weighted by Gasteiger charge is -2.06. The summed E-state index contributed by atoms with van der Waals surface area (Å²) in [5.41, 5.74) is -0.431. The van der Waals surface area contributed by atoms with Crippen LogP contribution in [-0.4, -0.2) is 67.3 Å². The highest BCUT2D eigenvalue weighted by Crippen LogP contribution is 1.96. The van der Waals surface area contributed by atoms with Crippen LogP contribution in [-0.2, 0) is 29.5 Å². The van der Waals surface area contributed by atoms with Crippen LogP contribution in [0.3, 0.4) is 0 Å². The summed E-state index contributed by atoms with van der Waals surface area (Å²) in [6, 6.07) is 0. The van der Waals surface area contributed by atoms with Crippen LogP contribution in [0.4, 0.5) is 0 Å². The molecule has 1 amide bonds. The zero-order chi connectivity index (χ0) is 17.9. The van der Waals surface area contributed by atoms with Gasteiger partial charge < -0.3 is 19.7 Å². The summed E-state index contributed by atoms with van der Waals surface area (Å²) in [5.74, 6) is 0.306. The number of aromatic nitrogens is 6. The molecule has 2 aromatic heterocycles. The average Bonchev–Trinajstić information content (AvgIpc) is 3.13. The molecule has 0 radical (unpaired) electrons. The van der Waals surface area contributed by atoms with Gasteiger partial charge in [0, 0.05) is 33.7 Å². The van der Waals surface area contributed by atoms with Gasteiger partial charge in [-0.2, -0.15) is 0 Å². The van der Waals surface area contributed by atoms with Crippen LogP contribution in [0.2, 0.25) is 0 Å². The number of H-pyrrole nitrogens is 1. The number of carbonyl (C=O) groups excluding carboxylic acids is 1. The molecule has 0 bridgehead atoms. The van der Waals surface area contributed by atoms with E-state index in [1.54, 1.807) is 13.4 Å². The lowest BCUT2D eigenvalue weighted by atomic mass is 10.4. The van der Waals surface area contributed by atoms with Crippen molar-refractivity contribution in [2.75, 3.05) is 20.3 Å². The van der Waals surface area contributed by atoms with Crippen molar-refractivity contribution >= 4 is 12.4 Å². The van der Waals surface area contributed by atoms with Gasteiger partial charge in [0.1, 0.15) is 12.2 Å². The fourth-order valence-electron chi connectivity index (χ4n) is 1.73. The third kappa shape index (κ3) is 5.64. The highest BCUT2D eigenvalue weighted by atomic mass is 16.5. The first-order chi connectivity index (χ1) is 11.5. The maximum Gasteiger partial charge on any atom is 0.343 e. The number of hydrogen-bond donors (Lipinski definition) is 3. The fraction of sp³-hybridized carbons (Fsp3) is 0.500. The summed E-state index contributed by atoms with van der Waals surface area (Å²) in [7, 11) is 3.09. The number of rotatable bonds is 7. The number of aryl methyl sites for hydroxylation is 1. The molecule has 0 fully saturated rings. The quantitative estimate of drug-likeness (QED) is 0.489. The number of hydrogen-bond acceptors (Lipinski definition) is 7. The number of carboxylic acid groups (broad SMARTS) is 1. The van der Waals surface area contributed by atoms with Gasteiger partial charge in [0.25, 0.3) is 12.4 Å². The van der Waals surface area contributed by atoms with E-state index in [0.717, 1.165) is 10.5 Å². The lowest BCUT2D eigenvalue weighted by Crippen LogP contribution is -2.28. The standard InChI is InChI=1S/C11H17N7O3.CH2O2/c1-17-11(20)14-9(16-17)10(19)12-4-3-8-15-13-7-18(8)5-6-21-2;2-1-3/h7H,3-6H2,1-2H3,(H,12,19)(H,14,16,20);1H,(H,2,3). The highest BCUT2D eigenvalue weighted by molar-refractivity contribution is 5.90. The molecular formula is C12H19N7O5. The zero-order valence-corrected chi connectivity index (χ0v) is 13.3. The van der Waals surface area contributed by atoms with Crippen LogP contribution in [0.1, 0.15) is 16.4 Å². The SMILES string of the molecule is COCCn1cnnc1CCNC(=O)c1nn(C)c(=O)[nH]1.O=CO. The second-order valence-corrected chi connectivity index (χ2v) is 4.45. The van der Waals surface area contributed by atoms with E-state index < -0.39 is 11.6 Å². The van der Waals surface area contributed by atoms with Gasteiger partial charge in [-0.3, -0.25) is 14.6 Å². The number of ether oxygens (including phenoxy) is 1. The molecule has 2 aromatic rings. The van der Waals surface area contributed by atoms with Gasteiger partial charge in [-0.25, -0.2) is 9.48 Å². The largest absolute Gasteiger partial charge is 0.483 e. The van der Waals surface area contributed by atoms with E-state index in [9.17, 15) is 9.59 Å². The van der Waals surface area contributed by atoms with Crippen molar-refractivity contribution in [3.63, 3.8) is 0 Å². The smallest absolute Gasteiger partial charge is 0.343 e. The maximum atomic E-state index is 11.8. The first kappa shape index (κ1) is 19.0. The van der Waals surface area contributed by atoms with Crippen molar-refractivity contribution in [1.29, 1.82) is 0 Å². The molecule has 24 heavy (non-hydrogen) atoms. The molecule has 0 atom stereocenters. The van der Waals surface area contributed by atoms with Crippen molar-refractivity contribution < 1.29 is 19.4 Å². The maximum absolute atomic E-state index is 11.8. The van der Waals surface area contributed by atoms with Crippen molar-refractivity contribution in [3.8, 4) is 0 Å². The summed E-state index contributed by atoms with van der Waals surface area (Å²) < 4.78 is 7.92. The summed E-state index contributed by atoms with van der Waals surface area (Å²) in [4.78, 5) is 33.7. The minimum absolute atomic E-state index is 0.0108. The van der Waals surface area contributed by atoms with Crippen molar-refractivity contribution in [2.24, 2.45) is 7.05 Å².